The number of carbonyl (C=O) groups excluding carboxylic acids is 2. The number of thiophene rings is 1. The Balaban J connectivity index is 1.25. The van der Waals surface area contributed by atoms with Crippen molar-refractivity contribution in [3.63, 3.8) is 0 Å². The second-order valence-corrected chi connectivity index (χ2v) is 9.81. The molecule has 3 aromatic rings. The van der Waals surface area contributed by atoms with Gasteiger partial charge in [-0.2, -0.15) is 0 Å². The molecule has 1 amide bonds. The number of nitrogens with zero attached hydrogens (tertiary/aromatic N) is 2. The van der Waals surface area contributed by atoms with Crippen LogP contribution in [0.5, 0.6) is 0 Å². The van der Waals surface area contributed by atoms with Crippen LogP contribution in [0, 0.1) is 0 Å². The SMILES string of the molecule is Nc1ccc(-c2cccs2)cc1CC(=O)c1ccc2c(c1)CC(=O)N2CCCN1CCOCC1. The largest absolute Gasteiger partial charge is 0.398 e. The first-order valence-corrected chi connectivity index (χ1v) is 12.7. The summed E-state index contributed by atoms with van der Waals surface area (Å²) in [5.41, 5.74) is 11.2. The molecule has 176 valence electrons. The lowest BCUT2D eigenvalue weighted by Crippen LogP contribution is -2.38. The molecule has 0 atom stereocenters. The predicted octanol–water partition coefficient (Wildman–Crippen LogP) is 4.03. The highest BCUT2D eigenvalue weighted by molar-refractivity contribution is 7.13. The number of anilines is 2. The number of hydrogen-bond donors (Lipinski definition) is 1. The number of carbonyl (C=O) groups is 2. The molecule has 2 aliphatic heterocycles. The number of nitrogen functional groups attached to an aromatic ring is 1. The third-order valence-electron chi connectivity index (χ3n) is 6.59. The Kier molecular flexibility index (Phi) is 6.76. The van der Waals surface area contributed by atoms with Crippen molar-refractivity contribution in [1.82, 2.24) is 4.90 Å². The van der Waals surface area contributed by atoms with Gasteiger partial charge in [-0.1, -0.05) is 12.1 Å². The van der Waals surface area contributed by atoms with E-state index < -0.39 is 0 Å². The fraction of sp³-hybridized carbons (Fsp3) is 0.333. The lowest BCUT2D eigenvalue weighted by molar-refractivity contribution is -0.117. The number of ketones is 1. The van der Waals surface area contributed by atoms with E-state index in [1.165, 1.54) is 0 Å². The number of Topliss-reactive ketones (excluding diaryl/α,β-unsaturated/α-hetero) is 1. The molecule has 0 saturated carbocycles. The summed E-state index contributed by atoms with van der Waals surface area (Å²) in [6.07, 6.45) is 1.51. The van der Waals surface area contributed by atoms with Crippen LogP contribution in [-0.4, -0.2) is 56.0 Å². The van der Waals surface area contributed by atoms with Gasteiger partial charge in [0.1, 0.15) is 0 Å². The summed E-state index contributed by atoms with van der Waals surface area (Å²) in [6, 6.07) is 15.6. The van der Waals surface area contributed by atoms with Gasteiger partial charge >= 0.3 is 0 Å². The van der Waals surface area contributed by atoms with Crippen LogP contribution in [0.1, 0.15) is 27.9 Å². The lowest BCUT2D eigenvalue weighted by Gasteiger charge is -2.27. The maximum atomic E-state index is 13.1. The minimum Gasteiger partial charge on any atom is -0.398 e. The Hall–Kier alpha value is -3.00. The highest BCUT2D eigenvalue weighted by atomic mass is 32.1. The Morgan fingerprint density at radius 2 is 1.91 bits per heavy atom. The topological polar surface area (TPSA) is 75.9 Å². The van der Waals surface area contributed by atoms with Crippen molar-refractivity contribution in [3.8, 4) is 10.4 Å². The first kappa shape index (κ1) is 22.8. The van der Waals surface area contributed by atoms with Crippen LogP contribution < -0.4 is 10.6 Å². The lowest BCUT2D eigenvalue weighted by atomic mass is 9.98. The minimum atomic E-state index is 0.0102. The summed E-state index contributed by atoms with van der Waals surface area (Å²) in [5, 5.41) is 2.04. The van der Waals surface area contributed by atoms with Crippen LogP contribution in [0.2, 0.25) is 0 Å². The van der Waals surface area contributed by atoms with Gasteiger partial charge in [-0.15, -0.1) is 11.3 Å². The standard InChI is InChI=1S/C27H29N3O3S/c28-23-6-4-20(26-3-1-14-34-26)16-21(23)17-25(31)19-5-7-24-22(15-19)18-27(32)30(24)9-2-8-29-10-12-33-13-11-29/h1,3-7,14-16H,2,8-13,17-18,28H2. The maximum absolute atomic E-state index is 13.1. The molecule has 1 saturated heterocycles. The van der Waals surface area contributed by atoms with Gasteiger partial charge in [0.15, 0.2) is 5.78 Å². The molecule has 34 heavy (non-hydrogen) atoms. The highest BCUT2D eigenvalue weighted by Gasteiger charge is 2.28. The molecular weight excluding hydrogens is 446 g/mol. The van der Waals surface area contributed by atoms with Crippen LogP contribution in [0.25, 0.3) is 10.4 Å². The molecule has 2 aliphatic rings. The second-order valence-electron chi connectivity index (χ2n) is 8.86. The first-order valence-electron chi connectivity index (χ1n) is 11.8. The van der Waals surface area contributed by atoms with E-state index >= 15 is 0 Å². The molecule has 0 bridgehead atoms. The average Bonchev–Trinajstić information content (AvgIpc) is 3.49. The number of amides is 1. The summed E-state index contributed by atoms with van der Waals surface area (Å²) < 4.78 is 5.40. The molecular formula is C27H29N3O3S. The normalized spacial score (nSPS) is 16.1. The second kappa shape index (κ2) is 10.1. The van der Waals surface area contributed by atoms with E-state index in [1.54, 1.807) is 11.3 Å². The number of ether oxygens (including phenoxy) is 1. The summed E-state index contributed by atoms with van der Waals surface area (Å²) in [7, 11) is 0. The van der Waals surface area contributed by atoms with Crippen molar-refractivity contribution in [1.29, 1.82) is 0 Å². The predicted molar refractivity (Wildman–Crippen MR) is 137 cm³/mol. The van der Waals surface area contributed by atoms with Gasteiger partial charge in [0.2, 0.25) is 5.91 Å². The molecule has 0 aliphatic carbocycles. The maximum Gasteiger partial charge on any atom is 0.231 e. The molecule has 0 spiro atoms. The summed E-state index contributed by atoms with van der Waals surface area (Å²) >= 11 is 1.66. The van der Waals surface area contributed by atoms with Gasteiger partial charge in [0, 0.05) is 54.4 Å². The molecule has 6 nitrogen and oxygen atoms in total. The number of hydrogen-bond acceptors (Lipinski definition) is 6. The smallest absolute Gasteiger partial charge is 0.231 e. The number of benzene rings is 2. The van der Waals surface area contributed by atoms with Gasteiger partial charge in [-0.3, -0.25) is 14.5 Å². The van der Waals surface area contributed by atoms with Gasteiger partial charge < -0.3 is 15.4 Å². The molecule has 1 fully saturated rings. The minimum absolute atomic E-state index is 0.0102. The van der Waals surface area contributed by atoms with Crippen LogP contribution in [0.15, 0.2) is 53.9 Å². The highest BCUT2D eigenvalue weighted by Crippen LogP contribution is 2.31. The zero-order chi connectivity index (χ0) is 23.5. The van der Waals surface area contributed by atoms with Gasteiger partial charge in [-0.25, -0.2) is 0 Å². The fourth-order valence-electron chi connectivity index (χ4n) is 4.71. The molecule has 5 rings (SSSR count). The fourth-order valence-corrected chi connectivity index (χ4v) is 5.43. The summed E-state index contributed by atoms with van der Waals surface area (Å²) in [5.74, 6) is 0.116. The van der Waals surface area contributed by atoms with Crippen LogP contribution in [-0.2, 0) is 22.4 Å². The molecule has 0 radical (unpaired) electrons. The van der Waals surface area contributed by atoms with E-state index in [0.717, 1.165) is 66.5 Å². The molecule has 0 unspecified atom stereocenters. The van der Waals surface area contributed by atoms with E-state index in [-0.39, 0.29) is 18.1 Å². The molecule has 7 heteroatoms. The Bertz CT molecular complexity index is 1190. The number of rotatable bonds is 8. The van der Waals surface area contributed by atoms with E-state index in [2.05, 4.69) is 11.0 Å². The first-order chi connectivity index (χ1) is 16.6. The monoisotopic (exact) mass is 475 g/mol. The van der Waals surface area contributed by atoms with Crippen molar-refractivity contribution in [2.75, 3.05) is 50.0 Å². The Labute approximate surface area is 203 Å². The number of fused-ring (bicyclic) bond motifs is 1. The van der Waals surface area contributed by atoms with Gasteiger partial charge in [0.05, 0.1) is 19.6 Å². The summed E-state index contributed by atoms with van der Waals surface area (Å²) in [6.45, 7) is 5.14. The van der Waals surface area contributed by atoms with Crippen LogP contribution in [0.4, 0.5) is 11.4 Å². The molecule has 3 heterocycles. The van der Waals surface area contributed by atoms with Crippen LogP contribution >= 0.6 is 11.3 Å². The third-order valence-corrected chi connectivity index (χ3v) is 7.51. The molecule has 2 N–H and O–H groups in total. The zero-order valence-electron chi connectivity index (χ0n) is 19.2. The van der Waals surface area contributed by atoms with Gasteiger partial charge in [-0.05, 0) is 64.9 Å². The zero-order valence-corrected chi connectivity index (χ0v) is 20.0. The van der Waals surface area contributed by atoms with Crippen molar-refractivity contribution < 1.29 is 14.3 Å². The number of morpholine rings is 1. The van der Waals surface area contributed by atoms with E-state index in [9.17, 15) is 9.59 Å². The molecule has 1 aromatic heterocycles. The number of nitrogens with two attached hydrogens (primary N) is 1. The van der Waals surface area contributed by atoms with Gasteiger partial charge in [0.25, 0.3) is 0 Å². The third kappa shape index (κ3) is 4.92. The van der Waals surface area contributed by atoms with E-state index in [4.69, 9.17) is 10.5 Å². The van der Waals surface area contributed by atoms with Crippen molar-refractivity contribution in [2.24, 2.45) is 0 Å². The Morgan fingerprint density at radius 3 is 2.71 bits per heavy atom. The van der Waals surface area contributed by atoms with E-state index in [1.807, 2.05) is 52.7 Å². The average molecular weight is 476 g/mol. The van der Waals surface area contributed by atoms with Crippen molar-refractivity contribution >= 4 is 34.4 Å². The van der Waals surface area contributed by atoms with Crippen LogP contribution in [0.3, 0.4) is 0 Å². The Morgan fingerprint density at radius 1 is 1.06 bits per heavy atom. The summed E-state index contributed by atoms with van der Waals surface area (Å²) in [4.78, 5) is 31.2. The van der Waals surface area contributed by atoms with E-state index in [0.29, 0.717) is 24.2 Å². The van der Waals surface area contributed by atoms with Crippen molar-refractivity contribution in [2.45, 2.75) is 19.3 Å². The van der Waals surface area contributed by atoms with Crippen molar-refractivity contribution in [3.05, 3.63) is 70.6 Å². The molecule has 2 aromatic carbocycles. The quantitative estimate of drug-likeness (QED) is 0.393.